The molecule has 234 valence electrons. The van der Waals surface area contributed by atoms with Crippen LogP contribution in [0.25, 0.3) is 22.3 Å². The van der Waals surface area contributed by atoms with Crippen molar-refractivity contribution in [1.29, 1.82) is 0 Å². The number of fused-ring (bicyclic) bond motifs is 2. The number of pyridine rings is 2. The molecule has 5 aromatic rings. The minimum atomic E-state index is -4.18. The van der Waals surface area contributed by atoms with E-state index in [1.165, 1.54) is 30.7 Å². The molecule has 5 heterocycles. The second kappa shape index (κ2) is 11.1. The molecule has 1 unspecified atom stereocenters. The maximum Gasteiger partial charge on any atom is 0.482 e. The van der Waals surface area contributed by atoms with Gasteiger partial charge in [-0.05, 0) is 61.9 Å². The lowest BCUT2D eigenvalue weighted by atomic mass is 9.94. The molecule has 0 saturated heterocycles. The van der Waals surface area contributed by atoms with Gasteiger partial charge >= 0.3 is 12.0 Å². The van der Waals surface area contributed by atoms with Crippen LogP contribution < -0.4 is 15.4 Å². The van der Waals surface area contributed by atoms with Gasteiger partial charge in [-0.3, -0.25) is 19.5 Å². The zero-order valence-corrected chi connectivity index (χ0v) is 24.9. The first-order chi connectivity index (χ1) is 22.0. The molecule has 1 atom stereocenters. The first-order valence-corrected chi connectivity index (χ1v) is 14.7. The highest BCUT2D eigenvalue weighted by Gasteiger charge is 2.50. The fourth-order valence-corrected chi connectivity index (χ4v) is 5.68. The van der Waals surface area contributed by atoms with Crippen LogP contribution in [0.1, 0.15) is 53.4 Å². The average molecular weight is 649 g/mol. The van der Waals surface area contributed by atoms with Crippen molar-refractivity contribution >= 4 is 40.3 Å². The lowest BCUT2D eigenvalue weighted by molar-refractivity contribution is -0.193. The summed E-state index contributed by atoms with van der Waals surface area (Å²) >= 11 is 5.91. The van der Waals surface area contributed by atoms with E-state index in [1.807, 2.05) is 0 Å². The summed E-state index contributed by atoms with van der Waals surface area (Å²) in [5.74, 6) is -2.61. The van der Waals surface area contributed by atoms with E-state index in [0.717, 1.165) is 30.1 Å². The first-order valence-electron chi connectivity index (χ1n) is 14.3. The van der Waals surface area contributed by atoms with Crippen LogP contribution in [-0.4, -0.2) is 47.4 Å². The van der Waals surface area contributed by atoms with E-state index in [2.05, 4.69) is 19.9 Å². The largest absolute Gasteiger partial charge is 0.482 e. The summed E-state index contributed by atoms with van der Waals surface area (Å²) in [6.07, 6.45) is 3.16. The normalized spacial score (nSPS) is 16.3. The Balaban J connectivity index is 1.39. The highest BCUT2D eigenvalue weighted by molar-refractivity contribution is 6.30. The molecule has 1 aliphatic carbocycles. The Morgan fingerprint density at radius 1 is 1.13 bits per heavy atom. The van der Waals surface area contributed by atoms with Crippen LogP contribution in [0.4, 0.5) is 18.9 Å². The molecule has 2 amide bonds. The minimum Gasteiger partial charge on any atom is -0.423 e. The van der Waals surface area contributed by atoms with E-state index in [9.17, 15) is 22.8 Å². The van der Waals surface area contributed by atoms with E-state index in [0.29, 0.717) is 45.8 Å². The molecule has 0 spiro atoms. The van der Waals surface area contributed by atoms with Crippen LogP contribution in [0.2, 0.25) is 5.02 Å². The van der Waals surface area contributed by atoms with E-state index < -0.39 is 29.8 Å². The zero-order chi connectivity index (χ0) is 32.3. The van der Waals surface area contributed by atoms with Gasteiger partial charge in [0.25, 0.3) is 5.91 Å². The molecule has 2 aliphatic rings. The van der Waals surface area contributed by atoms with E-state index in [-0.39, 0.29) is 34.6 Å². The molecule has 4 aromatic heterocycles. The quantitative estimate of drug-likeness (QED) is 0.240. The number of alkyl halides is 2. The summed E-state index contributed by atoms with van der Waals surface area (Å²) in [5, 5.41) is 0.351. The van der Waals surface area contributed by atoms with Crippen LogP contribution in [-0.2, 0) is 17.8 Å². The Hall–Kier alpha value is -5.11. The molecule has 2 N–H and O–H groups in total. The fourth-order valence-electron chi connectivity index (χ4n) is 5.57. The number of imidazole rings is 1. The van der Waals surface area contributed by atoms with Crippen LogP contribution in [0.15, 0.2) is 55.2 Å². The third-order valence-corrected chi connectivity index (χ3v) is 8.24. The predicted octanol–water partition coefficient (Wildman–Crippen LogP) is 5.25. The van der Waals surface area contributed by atoms with Gasteiger partial charge in [-0.25, -0.2) is 24.3 Å². The summed E-state index contributed by atoms with van der Waals surface area (Å²) in [6.45, 7) is 1.51. The molecule has 0 bridgehead atoms. The molecule has 1 fully saturated rings. The number of carbonyl (C=O) groups excluding carboxylic acids is 2. The Morgan fingerprint density at radius 3 is 2.57 bits per heavy atom. The second-order valence-corrected chi connectivity index (χ2v) is 11.7. The third-order valence-electron chi connectivity index (χ3n) is 8.02. The maximum atomic E-state index is 15.0. The molecule has 1 aromatic carbocycles. The second-order valence-electron chi connectivity index (χ2n) is 11.2. The van der Waals surface area contributed by atoms with Crippen molar-refractivity contribution in [2.75, 3.05) is 4.90 Å². The SMILES string of the molecule is CC(c1ncc(F)cn1)n1cnc2c(-c3ccc4c(c3)OC(F)(F)C(=O)N4Cc3ccc(Cl)cn3)c(C(N)=O)c(CC3CC3)nc21. The van der Waals surface area contributed by atoms with Crippen LogP contribution >= 0.6 is 11.6 Å². The molecule has 0 radical (unpaired) electrons. The van der Waals surface area contributed by atoms with Gasteiger partial charge < -0.3 is 15.0 Å². The van der Waals surface area contributed by atoms with Crippen molar-refractivity contribution in [3.05, 3.63) is 88.9 Å². The smallest absolute Gasteiger partial charge is 0.423 e. The van der Waals surface area contributed by atoms with Gasteiger partial charge in [0, 0.05) is 11.8 Å². The third kappa shape index (κ3) is 5.27. The Morgan fingerprint density at radius 2 is 1.89 bits per heavy atom. The molecule has 7 rings (SSSR count). The number of benzene rings is 1. The molecule has 1 aliphatic heterocycles. The minimum absolute atomic E-state index is 0.0770. The number of primary amides is 1. The number of hydrogen-bond acceptors (Lipinski definition) is 8. The summed E-state index contributed by atoms with van der Waals surface area (Å²) in [7, 11) is 0. The molecule has 11 nitrogen and oxygen atoms in total. The van der Waals surface area contributed by atoms with E-state index in [4.69, 9.17) is 27.1 Å². The van der Waals surface area contributed by atoms with Gasteiger partial charge in [0.2, 0.25) is 0 Å². The van der Waals surface area contributed by atoms with E-state index in [1.54, 1.807) is 23.6 Å². The number of hydrogen-bond donors (Lipinski definition) is 1. The van der Waals surface area contributed by atoms with Crippen LogP contribution in [0, 0.1) is 11.7 Å². The summed E-state index contributed by atoms with van der Waals surface area (Å²) in [4.78, 5) is 48.4. The number of aromatic nitrogens is 6. The Bertz CT molecular complexity index is 2020. The fraction of sp³-hybridized carbons (Fsp3) is 0.258. The number of ether oxygens (including phenoxy) is 1. The predicted molar refractivity (Wildman–Crippen MR) is 160 cm³/mol. The van der Waals surface area contributed by atoms with Crippen molar-refractivity contribution in [3.63, 3.8) is 0 Å². The van der Waals surface area contributed by atoms with Crippen molar-refractivity contribution in [2.24, 2.45) is 11.7 Å². The van der Waals surface area contributed by atoms with Crippen LogP contribution in [0.5, 0.6) is 5.75 Å². The van der Waals surface area contributed by atoms with E-state index >= 15 is 0 Å². The number of halogens is 4. The number of anilines is 1. The molecule has 15 heteroatoms. The maximum absolute atomic E-state index is 15.0. The number of carbonyl (C=O) groups is 2. The standard InChI is InChI=1S/C31H24ClF3N8O3/c1-15(28-38-11-19(33)12-39-28)43-14-40-26-24(25(27(36)44)21(41-29(26)43)8-16-2-3-16)17-4-7-22-23(9-17)46-31(34,35)30(45)42(22)13-20-6-5-18(32)10-37-20/h4-7,9-12,14-16H,2-3,8,13H2,1H3,(H2,36,44). The Labute approximate surface area is 264 Å². The van der Waals surface area contributed by atoms with Gasteiger partial charge in [-0.2, -0.15) is 8.78 Å². The van der Waals surface area contributed by atoms with Gasteiger partial charge in [0.1, 0.15) is 5.52 Å². The average Bonchev–Trinajstić information content (AvgIpc) is 3.74. The Kier molecular flexibility index (Phi) is 7.11. The first kappa shape index (κ1) is 29.6. The zero-order valence-electron chi connectivity index (χ0n) is 24.1. The molecular weight excluding hydrogens is 625 g/mol. The monoisotopic (exact) mass is 648 g/mol. The number of nitrogens with two attached hydrogens (primary N) is 1. The van der Waals surface area contributed by atoms with Gasteiger partial charge in [-0.1, -0.05) is 17.7 Å². The highest BCUT2D eigenvalue weighted by Crippen LogP contribution is 2.45. The summed E-state index contributed by atoms with van der Waals surface area (Å²) in [6, 6.07) is 6.89. The molecular formula is C31H24ClF3N8O3. The molecule has 1 saturated carbocycles. The lowest BCUT2D eigenvalue weighted by Crippen LogP contribution is -2.50. The van der Waals surface area contributed by atoms with Gasteiger partial charge in [-0.15, -0.1) is 0 Å². The highest BCUT2D eigenvalue weighted by atomic mass is 35.5. The lowest BCUT2D eigenvalue weighted by Gasteiger charge is -2.33. The summed E-state index contributed by atoms with van der Waals surface area (Å²) in [5.41, 5.74) is 8.08. The number of amides is 2. The van der Waals surface area contributed by atoms with Crippen molar-refractivity contribution in [1.82, 2.24) is 29.5 Å². The van der Waals surface area contributed by atoms with Gasteiger partial charge in [0.15, 0.2) is 23.0 Å². The van der Waals surface area contributed by atoms with Crippen molar-refractivity contribution < 1.29 is 27.5 Å². The van der Waals surface area contributed by atoms with Gasteiger partial charge in [0.05, 0.1) is 59.0 Å². The van der Waals surface area contributed by atoms with Crippen LogP contribution in [0.3, 0.4) is 0 Å². The summed E-state index contributed by atoms with van der Waals surface area (Å²) < 4.78 is 50.1. The number of rotatable bonds is 8. The molecule has 46 heavy (non-hydrogen) atoms. The topological polar surface area (TPSA) is 142 Å². The van der Waals surface area contributed by atoms with Crippen molar-refractivity contribution in [3.8, 4) is 16.9 Å². The number of nitrogens with zero attached hydrogens (tertiary/aromatic N) is 7. The van der Waals surface area contributed by atoms with Crippen molar-refractivity contribution in [2.45, 2.75) is 44.9 Å².